The molecule has 0 atom stereocenters. The van der Waals surface area contributed by atoms with Crippen molar-refractivity contribution in [1.82, 2.24) is 0 Å². The highest BCUT2D eigenvalue weighted by atomic mass is 16.7. The number of cyclic esters (lactones) is 2. The standard InChI is InChI=1S/C47H62O6/c1-5-7-8-9-10-11-12-14-35-16-18-38(19-17-35)39-20-22-40(23-21-39)44-26-24-41(29-37(44)6-2)42-25-27-45(51-31-36-32-52-47(49)53-33-36)43(30-42)15-13-28-50-46(48)34(3)4/h20-27,29-30,35-36,38H,3,5-19,28,31-33H2,1-2,4H3. The monoisotopic (exact) mass is 722 g/mol. The van der Waals surface area contributed by atoms with Crippen LogP contribution < -0.4 is 4.74 Å². The summed E-state index contributed by atoms with van der Waals surface area (Å²) in [6.45, 7) is 11.1. The average molecular weight is 723 g/mol. The second-order valence-electron chi connectivity index (χ2n) is 15.4. The summed E-state index contributed by atoms with van der Waals surface area (Å²) >= 11 is 0. The van der Waals surface area contributed by atoms with E-state index in [2.05, 4.69) is 75.0 Å². The molecule has 6 nitrogen and oxygen atoms in total. The van der Waals surface area contributed by atoms with Gasteiger partial charge >= 0.3 is 12.1 Å². The fourth-order valence-electron chi connectivity index (χ4n) is 7.87. The molecule has 1 saturated heterocycles. The number of carbonyl (C=O) groups excluding carboxylic acids is 2. The highest BCUT2D eigenvalue weighted by Gasteiger charge is 2.23. The maximum absolute atomic E-state index is 11.9. The molecule has 0 bridgehead atoms. The van der Waals surface area contributed by atoms with Crippen LogP contribution in [-0.2, 0) is 31.8 Å². The van der Waals surface area contributed by atoms with Gasteiger partial charge in [-0.3, -0.25) is 0 Å². The zero-order valence-corrected chi connectivity index (χ0v) is 32.6. The number of unbranched alkanes of at least 4 members (excludes halogenated alkanes) is 6. The van der Waals surface area contributed by atoms with Gasteiger partial charge in [-0.2, -0.15) is 0 Å². The molecule has 0 unspecified atom stereocenters. The lowest BCUT2D eigenvalue weighted by Crippen LogP contribution is -2.31. The Morgan fingerprint density at radius 1 is 0.755 bits per heavy atom. The molecule has 3 aromatic rings. The molecule has 2 fully saturated rings. The Hall–Kier alpha value is -4.06. The third-order valence-corrected chi connectivity index (χ3v) is 11.2. The molecule has 0 spiro atoms. The molecular formula is C47H62O6. The van der Waals surface area contributed by atoms with Crippen molar-refractivity contribution in [2.45, 2.75) is 123 Å². The van der Waals surface area contributed by atoms with E-state index < -0.39 is 6.16 Å². The maximum Gasteiger partial charge on any atom is 0.508 e. The molecule has 1 aliphatic heterocycles. The minimum atomic E-state index is -0.633. The van der Waals surface area contributed by atoms with Gasteiger partial charge in [-0.15, -0.1) is 0 Å². The van der Waals surface area contributed by atoms with Crippen LogP contribution in [0.5, 0.6) is 5.75 Å². The van der Waals surface area contributed by atoms with E-state index in [0.29, 0.717) is 37.5 Å². The van der Waals surface area contributed by atoms with E-state index in [1.165, 1.54) is 99.3 Å². The summed E-state index contributed by atoms with van der Waals surface area (Å²) in [7, 11) is 0. The molecule has 0 aromatic heterocycles. The van der Waals surface area contributed by atoms with Crippen molar-refractivity contribution in [2.24, 2.45) is 11.8 Å². The molecule has 0 radical (unpaired) electrons. The maximum atomic E-state index is 11.9. The number of ether oxygens (including phenoxy) is 4. The van der Waals surface area contributed by atoms with Gasteiger partial charge in [-0.25, -0.2) is 9.59 Å². The van der Waals surface area contributed by atoms with Crippen LogP contribution >= 0.6 is 0 Å². The molecule has 6 heteroatoms. The zero-order chi connectivity index (χ0) is 37.4. The van der Waals surface area contributed by atoms with Crippen LogP contribution in [0.15, 0.2) is 72.8 Å². The molecule has 53 heavy (non-hydrogen) atoms. The number of hydrogen-bond donors (Lipinski definition) is 0. The van der Waals surface area contributed by atoms with Crippen LogP contribution in [-0.4, -0.2) is 38.6 Å². The van der Waals surface area contributed by atoms with Gasteiger partial charge in [0.1, 0.15) is 19.0 Å². The highest BCUT2D eigenvalue weighted by Crippen LogP contribution is 2.39. The van der Waals surface area contributed by atoms with Crippen molar-refractivity contribution >= 4 is 12.1 Å². The van der Waals surface area contributed by atoms with Gasteiger partial charge in [0.2, 0.25) is 0 Å². The molecule has 5 rings (SSSR count). The number of benzene rings is 3. The normalized spacial score (nSPS) is 17.5. The third kappa shape index (κ3) is 12.2. The predicted molar refractivity (Wildman–Crippen MR) is 214 cm³/mol. The van der Waals surface area contributed by atoms with Gasteiger partial charge in [0.05, 0.1) is 19.1 Å². The molecule has 3 aromatic carbocycles. The van der Waals surface area contributed by atoms with Crippen LogP contribution in [0.25, 0.3) is 22.3 Å². The Kier molecular flexibility index (Phi) is 15.9. The fraction of sp³-hybridized carbons (Fsp3) is 0.532. The number of aryl methyl sites for hydroxylation is 2. The van der Waals surface area contributed by atoms with Crippen LogP contribution in [0.3, 0.4) is 0 Å². The van der Waals surface area contributed by atoms with Gasteiger partial charge < -0.3 is 18.9 Å². The van der Waals surface area contributed by atoms with Gasteiger partial charge in [0.25, 0.3) is 0 Å². The summed E-state index contributed by atoms with van der Waals surface area (Å²) in [5.74, 6) is 1.98. The zero-order valence-electron chi connectivity index (χ0n) is 32.6. The topological polar surface area (TPSA) is 71.1 Å². The highest BCUT2D eigenvalue weighted by molar-refractivity contribution is 5.86. The van der Waals surface area contributed by atoms with Crippen molar-refractivity contribution in [2.75, 3.05) is 26.4 Å². The summed E-state index contributed by atoms with van der Waals surface area (Å²) in [5.41, 5.74) is 9.08. The van der Waals surface area contributed by atoms with Crippen molar-refractivity contribution in [1.29, 1.82) is 0 Å². The first-order chi connectivity index (χ1) is 25.8. The molecule has 2 aliphatic rings. The molecule has 0 N–H and O–H groups in total. The van der Waals surface area contributed by atoms with Crippen LogP contribution in [0.2, 0.25) is 0 Å². The van der Waals surface area contributed by atoms with E-state index in [1.54, 1.807) is 6.92 Å². The third-order valence-electron chi connectivity index (χ3n) is 11.2. The largest absolute Gasteiger partial charge is 0.508 e. The second kappa shape index (κ2) is 21.0. The lowest BCUT2D eigenvalue weighted by molar-refractivity contribution is -0.139. The number of rotatable bonds is 20. The first kappa shape index (κ1) is 40.1. The fourth-order valence-corrected chi connectivity index (χ4v) is 7.87. The summed E-state index contributed by atoms with van der Waals surface area (Å²) < 4.78 is 21.7. The van der Waals surface area contributed by atoms with Gasteiger partial charge in [0, 0.05) is 5.57 Å². The van der Waals surface area contributed by atoms with E-state index >= 15 is 0 Å². The molecule has 286 valence electrons. The second-order valence-corrected chi connectivity index (χ2v) is 15.4. The first-order valence-corrected chi connectivity index (χ1v) is 20.5. The molecule has 0 amide bonds. The average Bonchev–Trinajstić information content (AvgIpc) is 3.19. The Morgan fingerprint density at radius 3 is 2.08 bits per heavy atom. The van der Waals surface area contributed by atoms with Gasteiger partial charge in [-0.05, 0) is 115 Å². The number of esters is 1. The Labute approximate surface area is 318 Å². The lowest BCUT2D eigenvalue weighted by atomic mass is 9.77. The van der Waals surface area contributed by atoms with Crippen molar-refractivity contribution < 1.29 is 28.5 Å². The molecule has 1 heterocycles. The van der Waals surface area contributed by atoms with E-state index in [0.717, 1.165) is 34.8 Å². The van der Waals surface area contributed by atoms with Crippen LogP contribution in [0.1, 0.15) is 127 Å². The van der Waals surface area contributed by atoms with E-state index in [4.69, 9.17) is 18.9 Å². The van der Waals surface area contributed by atoms with Crippen LogP contribution in [0.4, 0.5) is 4.79 Å². The predicted octanol–water partition coefficient (Wildman–Crippen LogP) is 12.2. The van der Waals surface area contributed by atoms with Crippen molar-refractivity contribution in [3.63, 3.8) is 0 Å². The summed E-state index contributed by atoms with van der Waals surface area (Å²) in [5, 5.41) is 0. The SMILES string of the molecule is C=C(C)C(=O)OCCCc1cc(-c2ccc(-c3ccc(C4CCC(CCCCCCCCC)CC4)cc3)c(CC)c2)ccc1OCC1COC(=O)OC1. The minimum absolute atomic E-state index is 0.0370. The van der Waals surface area contributed by atoms with E-state index in [1.807, 2.05) is 6.07 Å². The van der Waals surface area contributed by atoms with Gasteiger partial charge in [0.15, 0.2) is 0 Å². The molecular weight excluding hydrogens is 661 g/mol. The first-order valence-electron chi connectivity index (χ1n) is 20.5. The lowest BCUT2D eigenvalue weighted by Gasteiger charge is -2.29. The minimum Gasteiger partial charge on any atom is -0.493 e. The quantitative estimate of drug-likeness (QED) is 0.0657. The van der Waals surface area contributed by atoms with E-state index in [9.17, 15) is 9.59 Å². The van der Waals surface area contributed by atoms with Crippen molar-refractivity contribution in [3.05, 3.63) is 89.5 Å². The van der Waals surface area contributed by atoms with Gasteiger partial charge in [-0.1, -0.05) is 120 Å². The summed E-state index contributed by atoms with van der Waals surface area (Å²) in [4.78, 5) is 23.2. The molecule has 1 aliphatic carbocycles. The smallest absolute Gasteiger partial charge is 0.493 e. The van der Waals surface area contributed by atoms with E-state index in [-0.39, 0.29) is 25.1 Å². The Bertz CT molecular complexity index is 1610. The summed E-state index contributed by atoms with van der Waals surface area (Å²) in [6.07, 6.45) is 18.3. The van der Waals surface area contributed by atoms with Crippen LogP contribution in [0, 0.1) is 11.8 Å². The summed E-state index contributed by atoms with van der Waals surface area (Å²) in [6, 6.07) is 22.5. The van der Waals surface area contributed by atoms with Crippen molar-refractivity contribution in [3.8, 4) is 28.0 Å². The number of hydrogen-bond acceptors (Lipinski definition) is 6. The Balaban J connectivity index is 1.20. The molecule has 1 saturated carbocycles. The number of carbonyl (C=O) groups is 2. The Morgan fingerprint density at radius 2 is 1.40 bits per heavy atom.